The first-order chi connectivity index (χ1) is 11.9. The molecular weight excluding hydrogens is 465 g/mol. The Morgan fingerprint density at radius 3 is 2.73 bits per heavy atom. The summed E-state index contributed by atoms with van der Waals surface area (Å²) in [5.41, 5.74) is 2.37. The van der Waals surface area contributed by atoms with Gasteiger partial charge in [0.2, 0.25) is 0 Å². The average Bonchev–Trinajstić information content (AvgIpc) is 2.92. The summed E-state index contributed by atoms with van der Waals surface area (Å²) in [4.78, 5) is 4.55. The van der Waals surface area contributed by atoms with Crippen LogP contribution in [0.15, 0.2) is 23.2 Å². The van der Waals surface area contributed by atoms with E-state index in [9.17, 15) is 8.42 Å². The van der Waals surface area contributed by atoms with Gasteiger partial charge in [0, 0.05) is 19.6 Å². The monoisotopic (exact) mass is 495 g/mol. The van der Waals surface area contributed by atoms with Crippen molar-refractivity contribution in [2.75, 3.05) is 38.2 Å². The number of methoxy groups -OCH3 is 1. The fourth-order valence-electron chi connectivity index (χ4n) is 3.00. The van der Waals surface area contributed by atoms with Crippen molar-refractivity contribution >= 4 is 39.8 Å². The average molecular weight is 495 g/mol. The lowest BCUT2D eigenvalue weighted by Crippen LogP contribution is -2.38. The van der Waals surface area contributed by atoms with E-state index >= 15 is 0 Å². The molecule has 0 aliphatic carbocycles. The zero-order valence-electron chi connectivity index (χ0n) is 15.7. The van der Waals surface area contributed by atoms with E-state index in [1.807, 2.05) is 19.1 Å². The highest BCUT2D eigenvalue weighted by Crippen LogP contribution is 2.20. The van der Waals surface area contributed by atoms with Crippen molar-refractivity contribution in [2.45, 2.75) is 26.7 Å². The van der Waals surface area contributed by atoms with Crippen molar-refractivity contribution < 1.29 is 13.2 Å². The van der Waals surface area contributed by atoms with E-state index in [4.69, 9.17) is 4.74 Å². The lowest BCUT2D eigenvalue weighted by atomic mass is 10.1. The Morgan fingerprint density at radius 2 is 2.12 bits per heavy atom. The summed E-state index contributed by atoms with van der Waals surface area (Å²) < 4.78 is 28.5. The van der Waals surface area contributed by atoms with E-state index in [0.29, 0.717) is 18.7 Å². The van der Waals surface area contributed by atoms with Gasteiger partial charge in [0.25, 0.3) is 0 Å². The topological polar surface area (TPSA) is 79.8 Å². The molecular formula is C18H30IN3O3S. The van der Waals surface area contributed by atoms with Gasteiger partial charge in [-0.2, -0.15) is 0 Å². The number of ether oxygens (including phenoxy) is 1. The van der Waals surface area contributed by atoms with E-state index in [1.165, 1.54) is 5.56 Å². The molecule has 1 fully saturated rings. The fourth-order valence-corrected chi connectivity index (χ4v) is 4.85. The molecule has 0 saturated carbocycles. The largest absolute Gasteiger partial charge is 0.496 e. The minimum atomic E-state index is -2.84. The van der Waals surface area contributed by atoms with E-state index in [2.05, 4.69) is 28.6 Å². The van der Waals surface area contributed by atoms with Gasteiger partial charge in [0.05, 0.1) is 18.6 Å². The Kier molecular flexibility index (Phi) is 9.70. The molecule has 1 heterocycles. The third-order valence-electron chi connectivity index (χ3n) is 4.30. The van der Waals surface area contributed by atoms with Crippen LogP contribution < -0.4 is 15.4 Å². The number of aliphatic imine (C=N–C) groups is 1. The minimum Gasteiger partial charge on any atom is -0.496 e. The summed E-state index contributed by atoms with van der Waals surface area (Å²) in [5.74, 6) is 2.32. The quantitative estimate of drug-likeness (QED) is 0.345. The lowest BCUT2D eigenvalue weighted by molar-refractivity contribution is 0.409. The number of sulfone groups is 1. The van der Waals surface area contributed by atoms with E-state index in [0.717, 1.165) is 36.8 Å². The maximum atomic E-state index is 11.5. The van der Waals surface area contributed by atoms with Crippen LogP contribution in [0.2, 0.25) is 0 Å². The van der Waals surface area contributed by atoms with Crippen LogP contribution in [-0.4, -0.2) is 52.6 Å². The standard InChI is InChI=1S/C18H29N3O3S.HI/c1-4-19-18(21-12-15-8-10-25(22,23)13-15)20-9-7-16-11-14(2)5-6-17(16)24-3;/h5-6,11,15H,4,7-10,12-13H2,1-3H3,(H2,19,20,21);1H. The summed E-state index contributed by atoms with van der Waals surface area (Å²) >= 11 is 0. The summed E-state index contributed by atoms with van der Waals surface area (Å²) in [6.07, 6.45) is 1.54. The van der Waals surface area contributed by atoms with Crippen LogP contribution in [0.5, 0.6) is 5.75 Å². The second-order valence-corrected chi connectivity index (χ2v) is 8.71. The molecule has 1 aromatic carbocycles. The number of halogens is 1. The van der Waals surface area contributed by atoms with Crippen molar-refractivity contribution in [3.05, 3.63) is 29.3 Å². The SMILES string of the molecule is CCNC(=NCC1CCS(=O)(=O)C1)NCCc1cc(C)ccc1OC.I. The molecule has 8 heteroatoms. The lowest BCUT2D eigenvalue weighted by Gasteiger charge is -2.14. The third-order valence-corrected chi connectivity index (χ3v) is 6.14. The Hall–Kier alpha value is -1.03. The molecule has 1 aromatic rings. The molecule has 6 nitrogen and oxygen atoms in total. The molecule has 2 rings (SSSR count). The Bertz CT molecular complexity index is 708. The highest BCUT2D eigenvalue weighted by molar-refractivity contribution is 14.0. The first kappa shape index (κ1) is 23.0. The van der Waals surface area contributed by atoms with Crippen LogP contribution >= 0.6 is 24.0 Å². The number of hydrogen-bond acceptors (Lipinski definition) is 4. The van der Waals surface area contributed by atoms with Crippen molar-refractivity contribution in [3.63, 3.8) is 0 Å². The predicted octanol–water partition coefficient (Wildman–Crippen LogP) is 2.15. The third kappa shape index (κ3) is 7.30. The van der Waals surface area contributed by atoms with Gasteiger partial charge in [-0.1, -0.05) is 17.7 Å². The molecule has 0 spiro atoms. The zero-order valence-corrected chi connectivity index (χ0v) is 18.9. The number of hydrogen-bond donors (Lipinski definition) is 2. The molecule has 0 amide bonds. The Balaban J connectivity index is 0.00000338. The summed E-state index contributed by atoms with van der Waals surface area (Å²) in [6.45, 7) is 6.12. The van der Waals surface area contributed by atoms with Crippen molar-refractivity contribution in [1.29, 1.82) is 0 Å². The Labute approximate surface area is 174 Å². The highest BCUT2D eigenvalue weighted by Gasteiger charge is 2.27. The molecule has 2 N–H and O–H groups in total. The van der Waals surface area contributed by atoms with Crippen molar-refractivity contribution in [1.82, 2.24) is 10.6 Å². The Morgan fingerprint density at radius 1 is 1.35 bits per heavy atom. The van der Waals surface area contributed by atoms with Gasteiger partial charge in [0.15, 0.2) is 15.8 Å². The van der Waals surface area contributed by atoms with Crippen LogP contribution in [0, 0.1) is 12.8 Å². The number of rotatable bonds is 7. The number of benzene rings is 1. The molecule has 0 bridgehead atoms. The second-order valence-electron chi connectivity index (χ2n) is 6.48. The van der Waals surface area contributed by atoms with Crippen molar-refractivity contribution in [3.8, 4) is 5.75 Å². The molecule has 0 radical (unpaired) electrons. The maximum absolute atomic E-state index is 11.5. The van der Waals surface area contributed by atoms with Crippen LogP contribution in [0.3, 0.4) is 0 Å². The molecule has 1 atom stereocenters. The van der Waals surface area contributed by atoms with Gasteiger partial charge in [0.1, 0.15) is 5.75 Å². The molecule has 148 valence electrons. The zero-order chi connectivity index (χ0) is 18.3. The van der Waals surface area contributed by atoms with Crippen LogP contribution in [-0.2, 0) is 16.3 Å². The van der Waals surface area contributed by atoms with Gasteiger partial charge in [-0.25, -0.2) is 8.42 Å². The van der Waals surface area contributed by atoms with Crippen LogP contribution in [0.25, 0.3) is 0 Å². The molecule has 1 unspecified atom stereocenters. The minimum absolute atomic E-state index is 0. The van der Waals surface area contributed by atoms with Crippen LogP contribution in [0.1, 0.15) is 24.5 Å². The first-order valence-corrected chi connectivity index (χ1v) is 10.6. The number of aryl methyl sites for hydroxylation is 1. The second kappa shape index (κ2) is 11.0. The molecule has 1 aliphatic heterocycles. The number of nitrogens with zero attached hydrogens (tertiary/aromatic N) is 1. The number of guanidine groups is 1. The molecule has 1 aliphatic rings. The van der Waals surface area contributed by atoms with E-state index < -0.39 is 9.84 Å². The molecule has 1 saturated heterocycles. The highest BCUT2D eigenvalue weighted by atomic mass is 127. The van der Waals surface area contributed by atoms with Gasteiger partial charge >= 0.3 is 0 Å². The fraction of sp³-hybridized carbons (Fsp3) is 0.611. The van der Waals surface area contributed by atoms with E-state index in [1.54, 1.807) is 7.11 Å². The molecule has 0 aromatic heterocycles. The van der Waals surface area contributed by atoms with Crippen molar-refractivity contribution in [2.24, 2.45) is 10.9 Å². The summed E-state index contributed by atoms with van der Waals surface area (Å²) in [7, 11) is -1.16. The number of nitrogens with one attached hydrogen (secondary N) is 2. The summed E-state index contributed by atoms with van der Waals surface area (Å²) in [5, 5.41) is 6.53. The van der Waals surface area contributed by atoms with Gasteiger partial charge in [-0.15, -0.1) is 24.0 Å². The van der Waals surface area contributed by atoms with Gasteiger partial charge in [-0.3, -0.25) is 4.99 Å². The normalized spacial score (nSPS) is 18.9. The first-order valence-electron chi connectivity index (χ1n) is 8.79. The molecule has 26 heavy (non-hydrogen) atoms. The predicted molar refractivity (Wildman–Crippen MR) is 118 cm³/mol. The van der Waals surface area contributed by atoms with E-state index in [-0.39, 0.29) is 35.6 Å². The van der Waals surface area contributed by atoms with Gasteiger partial charge < -0.3 is 15.4 Å². The smallest absolute Gasteiger partial charge is 0.191 e. The van der Waals surface area contributed by atoms with Gasteiger partial charge in [-0.05, 0) is 44.2 Å². The van der Waals surface area contributed by atoms with Crippen LogP contribution in [0.4, 0.5) is 0 Å². The summed E-state index contributed by atoms with van der Waals surface area (Å²) in [6, 6.07) is 6.16. The maximum Gasteiger partial charge on any atom is 0.191 e.